The molecule has 0 aromatic rings. The predicted molar refractivity (Wildman–Crippen MR) is 41.0 cm³/mol. The largest absolute Gasteiger partial charge is 0.335 e. The Labute approximate surface area is 68.8 Å². The Bertz CT molecular complexity index is 99.2. The van der Waals surface area contributed by atoms with Gasteiger partial charge in [0.1, 0.15) is 0 Å². The fourth-order valence-corrected chi connectivity index (χ4v) is 0.961. The van der Waals surface area contributed by atoms with Gasteiger partial charge in [-0.1, -0.05) is 0 Å². The molecule has 0 bridgehead atoms. The van der Waals surface area contributed by atoms with Crippen molar-refractivity contribution in [2.75, 3.05) is 13.2 Å². The van der Waals surface area contributed by atoms with Crippen LogP contribution in [-0.4, -0.2) is 24.2 Å². The van der Waals surface area contributed by atoms with Crippen LogP contribution in [0.5, 0.6) is 0 Å². The maximum absolute atomic E-state index is 10.3. The van der Waals surface area contributed by atoms with Crippen LogP contribution >= 0.6 is 15.9 Å². The van der Waals surface area contributed by atoms with E-state index >= 15 is 0 Å². The summed E-state index contributed by atoms with van der Waals surface area (Å²) in [6.45, 7) is 4.45. The monoisotopic (exact) mass is 210 g/mol. The molecule has 0 radical (unpaired) electrons. The van der Waals surface area contributed by atoms with E-state index in [2.05, 4.69) is 15.9 Å². The Morgan fingerprint density at radius 3 is 2.00 bits per heavy atom. The molecule has 0 heterocycles. The van der Waals surface area contributed by atoms with Crippen LogP contribution < -0.4 is 0 Å². The molecular formula is C6H11BrO3. The molecule has 0 unspecified atom stereocenters. The minimum Gasteiger partial charge on any atom is -0.335 e. The lowest BCUT2D eigenvalue weighted by atomic mass is 10.7. The lowest BCUT2D eigenvalue weighted by molar-refractivity contribution is -0.167. The van der Waals surface area contributed by atoms with E-state index < -0.39 is 4.70 Å². The van der Waals surface area contributed by atoms with Crippen molar-refractivity contribution >= 4 is 22.2 Å². The molecule has 0 aromatic heterocycles. The van der Waals surface area contributed by atoms with E-state index in [9.17, 15) is 4.79 Å². The van der Waals surface area contributed by atoms with Crippen molar-refractivity contribution in [2.24, 2.45) is 0 Å². The van der Waals surface area contributed by atoms with Gasteiger partial charge >= 0.3 is 0 Å². The van der Waals surface area contributed by atoms with Gasteiger partial charge < -0.3 is 9.47 Å². The molecule has 0 atom stereocenters. The average molecular weight is 211 g/mol. The topological polar surface area (TPSA) is 35.5 Å². The first-order chi connectivity index (χ1) is 4.68. The normalized spacial score (nSPS) is 11.5. The third kappa shape index (κ3) is 3.29. The number of carbonyl (C=O) groups is 1. The summed E-state index contributed by atoms with van der Waals surface area (Å²) < 4.78 is 8.67. The molecule has 60 valence electrons. The first-order valence-electron chi connectivity index (χ1n) is 3.11. The molecule has 0 rings (SSSR count). The maximum atomic E-state index is 10.3. The number of hydrogen-bond acceptors (Lipinski definition) is 3. The van der Waals surface area contributed by atoms with Gasteiger partial charge in [-0.15, -0.1) is 0 Å². The van der Waals surface area contributed by atoms with E-state index in [1.54, 1.807) is 13.8 Å². The number of rotatable bonds is 5. The van der Waals surface area contributed by atoms with Gasteiger partial charge in [-0.25, -0.2) is 0 Å². The Morgan fingerprint density at radius 2 is 1.80 bits per heavy atom. The van der Waals surface area contributed by atoms with Crippen LogP contribution in [0.2, 0.25) is 0 Å². The smallest absolute Gasteiger partial charge is 0.284 e. The van der Waals surface area contributed by atoms with Crippen molar-refractivity contribution in [1.82, 2.24) is 0 Å². The Balaban J connectivity index is 3.81. The zero-order valence-electron chi connectivity index (χ0n) is 6.09. The molecule has 10 heavy (non-hydrogen) atoms. The molecule has 0 aliphatic rings. The first kappa shape index (κ1) is 10.1. The molecule has 0 N–H and O–H groups in total. The zero-order valence-corrected chi connectivity index (χ0v) is 7.68. The van der Waals surface area contributed by atoms with Crippen molar-refractivity contribution in [3.8, 4) is 0 Å². The number of halogens is 1. The zero-order chi connectivity index (χ0) is 8.04. The molecule has 0 aromatic carbocycles. The molecule has 0 aliphatic heterocycles. The lowest BCUT2D eigenvalue weighted by Gasteiger charge is -2.19. The van der Waals surface area contributed by atoms with E-state index in [0.29, 0.717) is 19.5 Å². The van der Waals surface area contributed by atoms with Crippen molar-refractivity contribution in [3.05, 3.63) is 0 Å². The number of hydrogen-bond donors (Lipinski definition) is 0. The van der Waals surface area contributed by atoms with Gasteiger partial charge in [-0.05, 0) is 29.8 Å². The minimum atomic E-state index is -1.23. The molecule has 0 saturated heterocycles. The van der Waals surface area contributed by atoms with Crippen molar-refractivity contribution < 1.29 is 14.3 Å². The highest BCUT2D eigenvalue weighted by Gasteiger charge is 2.26. The van der Waals surface area contributed by atoms with Crippen LogP contribution in [0.3, 0.4) is 0 Å². The van der Waals surface area contributed by atoms with E-state index in [1.165, 1.54) is 0 Å². The molecule has 0 aliphatic carbocycles. The van der Waals surface area contributed by atoms with E-state index in [1.807, 2.05) is 0 Å². The average Bonchev–Trinajstić information content (AvgIpc) is 1.89. The van der Waals surface area contributed by atoms with Crippen molar-refractivity contribution in [3.63, 3.8) is 0 Å². The second kappa shape index (κ2) is 4.82. The van der Waals surface area contributed by atoms with Crippen LogP contribution in [0.25, 0.3) is 0 Å². The van der Waals surface area contributed by atoms with Crippen LogP contribution in [0.4, 0.5) is 0 Å². The van der Waals surface area contributed by atoms with Gasteiger partial charge in [0.2, 0.25) is 0 Å². The molecule has 4 heteroatoms. The summed E-state index contributed by atoms with van der Waals surface area (Å²) in [5, 5.41) is 0. The quantitative estimate of drug-likeness (QED) is 0.390. The number of alkyl halides is 1. The van der Waals surface area contributed by atoms with Crippen molar-refractivity contribution in [2.45, 2.75) is 18.5 Å². The Hall–Kier alpha value is 0.0700. The number of aldehydes is 1. The standard InChI is InChI=1S/C6H11BrO3/c1-3-9-6(7,5-8)10-4-2/h5H,3-4H2,1-2H3. The summed E-state index contributed by atoms with van der Waals surface area (Å²) in [4.78, 5) is 10.3. The molecule has 0 fully saturated rings. The summed E-state index contributed by atoms with van der Waals surface area (Å²) in [5.41, 5.74) is 0. The first-order valence-corrected chi connectivity index (χ1v) is 3.91. The highest BCUT2D eigenvalue weighted by atomic mass is 79.9. The summed E-state index contributed by atoms with van der Waals surface area (Å²) in [5.74, 6) is 0. The van der Waals surface area contributed by atoms with Crippen LogP contribution in [-0.2, 0) is 14.3 Å². The van der Waals surface area contributed by atoms with Crippen LogP contribution in [0.15, 0.2) is 0 Å². The van der Waals surface area contributed by atoms with Gasteiger partial charge in [0.25, 0.3) is 4.70 Å². The van der Waals surface area contributed by atoms with E-state index in [0.717, 1.165) is 0 Å². The third-order valence-corrected chi connectivity index (χ3v) is 1.47. The summed E-state index contributed by atoms with van der Waals surface area (Å²) in [6, 6.07) is 0. The molecule has 0 spiro atoms. The van der Waals surface area contributed by atoms with Gasteiger partial charge in [0, 0.05) is 13.2 Å². The predicted octanol–water partition coefficient (Wildman–Crippen LogP) is 1.31. The fraction of sp³-hybridized carbons (Fsp3) is 0.833. The summed E-state index contributed by atoms with van der Waals surface area (Å²) in [6.07, 6.45) is 0.583. The SMILES string of the molecule is CCOC(Br)(C=O)OCC. The molecule has 0 saturated carbocycles. The van der Waals surface area contributed by atoms with Crippen molar-refractivity contribution in [1.29, 1.82) is 0 Å². The number of carbonyl (C=O) groups excluding carboxylic acids is 1. The third-order valence-electron chi connectivity index (χ3n) is 0.823. The lowest BCUT2D eigenvalue weighted by Crippen LogP contribution is -2.30. The van der Waals surface area contributed by atoms with Gasteiger partial charge in [0.15, 0.2) is 6.29 Å². The summed E-state index contributed by atoms with van der Waals surface area (Å²) >= 11 is 2.99. The Morgan fingerprint density at radius 1 is 1.40 bits per heavy atom. The highest BCUT2D eigenvalue weighted by molar-refractivity contribution is 9.10. The van der Waals surface area contributed by atoms with Crippen LogP contribution in [0.1, 0.15) is 13.8 Å². The Kier molecular flexibility index (Phi) is 4.85. The summed E-state index contributed by atoms with van der Waals surface area (Å²) in [7, 11) is 0. The van der Waals surface area contributed by atoms with E-state index in [4.69, 9.17) is 9.47 Å². The van der Waals surface area contributed by atoms with Gasteiger partial charge in [0.05, 0.1) is 0 Å². The van der Waals surface area contributed by atoms with Gasteiger partial charge in [-0.2, -0.15) is 0 Å². The highest BCUT2D eigenvalue weighted by Crippen LogP contribution is 2.17. The maximum Gasteiger partial charge on any atom is 0.284 e. The van der Waals surface area contributed by atoms with Gasteiger partial charge in [-0.3, -0.25) is 4.79 Å². The van der Waals surface area contributed by atoms with E-state index in [-0.39, 0.29) is 0 Å². The second-order valence-corrected chi connectivity index (χ2v) is 2.67. The second-order valence-electron chi connectivity index (χ2n) is 1.57. The number of ether oxygens (including phenoxy) is 2. The minimum absolute atomic E-state index is 0.435. The fourth-order valence-electron chi connectivity index (χ4n) is 0.503. The molecule has 3 nitrogen and oxygen atoms in total. The molecule has 0 amide bonds. The molecular weight excluding hydrogens is 200 g/mol. The van der Waals surface area contributed by atoms with Crippen LogP contribution in [0, 0.1) is 0 Å².